The molecule has 10 rings (SSSR count). The third kappa shape index (κ3) is 4.85. The van der Waals surface area contributed by atoms with Crippen molar-refractivity contribution in [2.45, 2.75) is 38.0 Å². The van der Waals surface area contributed by atoms with E-state index < -0.39 is 0 Å². The molecule has 7 aromatic carbocycles. The molecule has 0 aromatic heterocycles. The van der Waals surface area contributed by atoms with Crippen LogP contribution in [-0.2, 0) is 10.8 Å². The number of benzene rings is 7. The molecule has 2 unspecified atom stereocenters. The van der Waals surface area contributed by atoms with Gasteiger partial charge in [0.05, 0.1) is 5.41 Å². The lowest BCUT2D eigenvalue weighted by Crippen LogP contribution is -2.35. The molecule has 0 spiro atoms. The lowest BCUT2D eigenvalue weighted by atomic mass is 9.62. The van der Waals surface area contributed by atoms with Crippen molar-refractivity contribution < 1.29 is 0 Å². The van der Waals surface area contributed by atoms with E-state index in [1.54, 1.807) is 0 Å². The Balaban J connectivity index is 1.20. The molecule has 0 saturated heterocycles. The van der Waals surface area contributed by atoms with Gasteiger partial charge in [0.25, 0.3) is 0 Å². The standard InChI is InChI=1S/C53H43N/c1-36-23-30-45-46-31-28-42(34-50(46)52(2,3)49(45)33-36)54(41-26-24-38(25-27-41)37-15-7-4-8-16-37)43-29-32-47-44-21-13-14-22-48(44)53(51(47)35-43,39-17-9-5-10-18-39)40-19-11-6-12-20-40/h4-19,21-35,40H,20H2,1-3H3. The van der Waals surface area contributed by atoms with Crippen LogP contribution in [0.25, 0.3) is 33.4 Å². The van der Waals surface area contributed by atoms with Crippen LogP contribution in [0.1, 0.15) is 53.6 Å². The third-order valence-electron chi connectivity index (χ3n) is 12.4. The fraction of sp³-hybridized carbons (Fsp3) is 0.132. The maximum Gasteiger partial charge on any atom is 0.0529 e. The number of hydrogen-bond donors (Lipinski definition) is 0. The van der Waals surface area contributed by atoms with E-state index in [0.717, 1.165) is 17.8 Å². The second kappa shape index (κ2) is 12.5. The molecule has 0 heterocycles. The van der Waals surface area contributed by atoms with Crippen LogP contribution in [0.4, 0.5) is 17.1 Å². The fourth-order valence-corrected chi connectivity index (χ4v) is 9.83. The molecule has 2 atom stereocenters. The van der Waals surface area contributed by atoms with Crippen molar-refractivity contribution in [3.63, 3.8) is 0 Å². The molecular weight excluding hydrogens is 651 g/mol. The predicted molar refractivity (Wildman–Crippen MR) is 227 cm³/mol. The van der Waals surface area contributed by atoms with E-state index in [4.69, 9.17) is 0 Å². The van der Waals surface area contributed by atoms with Gasteiger partial charge in [-0.05, 0) is 117 Å². The first-order chi connectivity index (χ1) is 26.4. The Bertz CT molecular complexity index is 2610. The van der Waals surface area contributed by atoms with Gasteiger partial charge >= 0.3 is 0 Å². The maximum atomic E-state index is 2.51. The first-order valence-corrected chi connectivity index (χ1v) is 19.3. The number of hydrogen-bond acceptors (Lipinski definition) is 1. The Morgan fingerprint density at radius 2 is 1.04 bits per heavy atom. The van der Waals surface area contributed by atoms with Crippen LogP contribution in [0.5, 0.6) is 0 Å². The van der Waals surface area contributed by atoms with E-state index in [1.165, 1.54) is 72.4 Å². The molecule has 1 nitrogen and oxygen atoms in total. The van der Waals surface area contributed by atoms with Crippen LogP contribution < -0.4 is 4.90 Å². The van der Waals surface area contributed by atoms with E-state index >= 15 is 0 Å². The molecule has 7 aromatic rings. The normalized spacial score (nSPS) is 18.5. The average molecular weight is 694 g/mol. The summed E-state index contributed by atoms with van der Waals surface area (Å²) in [6.07, 6.45) is 10.2. The highest BCUT2D eigenvalue weighted by atomic mass is 15.1. The lowest BCUT2D eigenvalue weighted by molar-refractivity contribution is 0.457. The topological polar surface area (TPSA) is 3.24 Å². The summed E-state index contributed by atoms with van der Waals surface area (Å²) in [6.45, 7) is 6.96. The number of aryl methyl sites for hydroxylation is 1. The van der Waals surface area contributed by atoms with Crippen molar-refractivity contribution in [1.82, 2.24) is 0 Å². The predicted octanol–water partition coefficient (Wildman–Crippen LogP) is 13.9. The van der Waals surface area contributed by atoms with E-state index in [1.807, 2.05) is 0 Å². The summed E-state index contributed by atoms with van der Waals surface area (Å²) in [7, 11) is 0. The monoisotopic (exact) mass is 693 g/mol. The summed E-state index contributed by atoms with van der Waals surface area (Å²) in [5.74, 6) is 0.268. The van der Waals surface area contributed by atoms with Gasteiger partial charge in [-0.1, -0.05) is 171 Å². The van der Waals surface area contributed by atoms with Crippen LogP contribution >= 0.6 is 0 Å². The second-order valence-electron chi connectivity index (χ2n) is 15.8. The Hall–Kier alpha value is -6.18. The highest BCUT2D eigenvalue weighted by Crippen LogP contribution is 2.59. The van der Waals surface area contributed by atoms with Gasteiger partial charge in [-0.15, -0.1) is 0 Å². The van der Waals surface area contributed by atoms with Gasteiger partial charge in [0.2, 0.25) is 0 Å². The summed E-state index contributed by atoms with van der Waals surface area (Å²) >= 11 is 0. The van der Waals surface area contributed by atoms with Crippen molar-refractivity contribution in [2.75, 3.05) is 4.90 Å². The molecule has 3 aliphatic carbocycles. The summed E-state index contributed by atoms with van der Waals surface area (Å²) in [5, 5.41) is 0. The SMILES string of the molecule is Cc1ccc2c(c1)C(C)(C)c1cc(N(c3ccc(-c4ccccc4)cc3)c3ccc4c(c3)C(c3ccccc3)(C3C=CC=CC3)c3ccccc3-4)ccc1-2. The zero-order valence-electron chi connectivity index (χ0n) is 31.1. The lowest BCUT2D eigenvalue weighted by Gasteiger charge is -2.40. The van der Waals surface area contributed by atoms with Crippen LogP contribution in [0.15, 0.2) is 188 Å². The fourth-order valence-electron chi connectivity index (χ4n) is 9.83. The Morgan fingerprint density at radius 3 is 1.74 bits per heavy atom. The largest absolute Gasteiger partial charge is 0.310 e. The van der Waals surface area contributed by atoms with Gasteiger partial charge in [0.15, 0.2) is 0 Å². The van der Waals surface area contributed by atoms with E-state index in [9.17, 15) is 0 Å². The molecule has 0 N–H and O–H groups in total. The second-order valence-corrected chi connectivity index (χ2v) is 15.8. The molecule has 0 bridgehead atoms. The summed E-state index contributed by atoms with van der Waals surface area (Å²) in [4.78, 5) is 2.48. The highest BCUT2D eigenvalue weighted by Gasteiger charge is 2.49. The molecule has 0 amide bonds. The first-order valence-electron chi connectivity index (χ1n) is 19.3. The maximum absolute atomic E-state index is 2.51. The number of allylic oxidation sites excluding steroid dienone is 4. The Labute approximate surface area is 319 Å². The minimum Gasteiger partial charge on any atom is -0.310 e. The van der Waals surface area contributed by atoms with E-state index in [0.29, 0.717) is 0 Å². The molecule has 0 fully saturated rings. The van der Waals surface area contributed by atoms with Crippen molar-refractivity contribution in [1.29, 1.82) is 0 Å². The minimum absolute atomic E-state index is 0.113. The molecule has 54 heavy (non-hydrogen) atoms. The highest BCUT2D eigenvalue weighted by molar-refractivity contribution is 5.90. The van der Waals surface area contributed by atoms with Crippen LogP contribution in [0.2, 0.25) is 0 Å². The summed E-state index contributed by atoms with van der Waals surface area (Å²) in [6, 6.07) is 61.5. The average Bonchev–Trinajstić information content (AvgIpc) is 3.64. The van der Waals surface area contributed by atoms with Crippen molar-refractivity contribution in [3.8, 4) is 33.4 Å². The number of anilines is 3. The van der Waals surface area contributed by atoms with Gasteiger partial charge in [-0.3, -0.25) is 0 Å². The van der Waals surface area contributed by atoms with E-state index in [-0.39, 0.29) is 16.7 Å². The van der Waals surface area contributed by atoms with E-state index in [2.05, 4.69) is 214 Å². The van der Waals surface area contributed by atoms with Crippen LogP contribution in [0.3, 0.4) is 0 Å². The van der Waals surface area contributed by atoms with Crippen molar-refractivity contribution >= 4 is 17.1 Å². The van der Waals surface area contributed by atoms with Gasteiger partial charge in [-0.2, -0.15) is 0 Å². The summed E-state index contributed by atoms with van der Waals surface area (Å²) < 4.78 is 0. The molecule has 0 radical (unpaired) electrons. The van der Waals surface area contributed by atoms with Crippen molar-refractivity contribution in [2.24, 2.45) is 5.92 Å². The molecule has 0 saturated carbocycles. The molecule has 0 aliphatic heterocycles. The zero-order valence-corrected chi connectivity index (χ0v) is 31.1. The first kappa shape index (κ1) is 32.5. The van der Waals surface area contributed by atoms with Crippen LogP contribution in [0, 0.1) is 12.8 Å². The molecule has 3 aliphatic rings. The molecule has 260 valence electrons. The Kier molecular flexibility index (Phi) is 7.49. The van der Waals surface area contributed by atoms with Crippen LogP contribution in [-0.4, -0.2) is 0 Å². The van der Waals surface area contributed by atoms with Crippen molar-refractivity contribution in [3.05, 3.63) is 221 Å². The molecular formula is C53H43N. The molecule has 1 heteroatoms. The number of rotatable bonds is 6. The van der Waals surface area contributed by atoms with Gasteiger partial charge in [0.1, 0.15) is 0 Å². The zero-order chi connectivity index (χ0) is 36.4. The van der Waals surface area contributed by atoms with Gasteiger partial charge in [0, 0.05) is 22.5 Å². The number of nitrogens with zero attached hydrogens (tertiary/aromatic N) is 1. The van der Waals surface area contributed by atoms with Gasteiger partial charge in [-0.25, -0.2) is 0 Å². The minimum atomic E-state index is -0.341. The number of fused-ring (bicyclic) bond motifs is 6. The summed E-state index contributed by atoms with van der Waals surface area (Å²) in [5.41, 5.74) is 19.0. The Morgan fingerprint density at radius 1 is 0.481 bits per heavy atom. The third-order valence-corrected chi connectivity index (χ3v) is 12.4. The quantitative estimate of drug-likeness (QED) is 0.168. The smallest absolute Gasteiger partial charge is 0.0529 e. The van der Waals surface area contributed by atoms with Gasteiger partial charge < -0.3 is 4.90 Å².